The first kappa shape index (κ1) is 14.7. The van der Waals surface area contributed by atoms with Crippen molar-refractivity contribution < 1.29 is 8.42 Å². The summed E-state index contributed by atoms with van der Waals surface area (Å²) in [4.78, 5) is 0. The summed E-state index contributed by atoms with van der Waals surface area (Å²) in [5.41, 5.74) is 1.23. The lowest BCUT2D eigenvalue weighted by Gasteiger charge is -2.07. The summed E-state index contributed by atoms with van der Waals surface area (Å²) in [6, 6.07) is 12.1. The molecule has 0 aliphatic rings. The fraction of sp³-hybridized carbons (Fsp3) is 0.154. The van der Waals surface area contributed by atoms with Crippen LogP contribution in [0.2, 0.25) is 0 Å². The molecule has 1 heterocycles. The van der Waals surface area contributed by atoms with Crippen molar-refractivity contribution in [3.8, 4) is 6.07 Å². The number of nitrogens with zero attached hydrogens (tertiary/aromatic N) is 3. The molecule has 0 aliphatic carbocycles. The van der Waals surface area contributed by atoms with Gasteiger partial charge in [-0.1, -0.05) is 6.07 Å². The first-order valence-corrected chi connectivity index (χ1v) is 7.79. The fourth-order valence-corrected chi connectivity index (χ4v) is 2.07. The SMILES string of the molecule is CCS(=O)(=O)Nc1ccc(Nc2cccc(C#N)c2)nn1. The summed E-state index contributed by atoms with van der Waals surface area (Å²) >= 11 is 0. The minimum atomic E-state index is -3.36. The molecular formula is C13H13N5O2S. The molecule has 2 N–H and O–H groups in total. The van der Waals surface area contributed by atoms with Gasteiger partial charge in [-0.25, -0.2) is 8.42 Å². The minimum Gasteiger partial charge on any atom is -0.339 e. The van der Waals surface area contributed by atoms with Gasteiger partial charge < -0.3 is 5.32 Å². The monoisotopic (exact) mass is 303 g/mol. The van der Waals surface area contributed by atoms with Crippen molar-refractivity contribution >= 4 is 27.3 Å². The molecule has 0 radical (unpaired) electrons. The third kappa shape index (κ3) is 4.15. The quantitative estimate of drug-likeness (QED) is 0.872. The van der Waals surface area contributed by atoms with Crippen molar-refractivity contribution in [3.63, 3.8) is 0 Å². The highest BCUT2D eigenvalue weighted by Gasteiger charge is 2.08. The van der Waals surface area contributed by atoms with Crippen LogP contribution in [0.15, 0.2) is 36.4 Å². The van der Waals surface area contributed by atoms with Gasteiger partial charge in [-0.05, 0) is 37.3 Å². The Balaban J connectivity index is 2.11. The fourth-order valence-electron chi connectivity index (χ4n) is 1.50. The topological polar surface area (TPSA) is 108 Å². The zero-order valence-corrected chi connectivity index (χ0v) is 12.1. The number of rotatable bonds is 5. The molecule has 21 heavy (non-hydrogen) atoms. The number of hydrogen-bond donors (Lipinski definition) is 2. The third-order valence-electron chi connectivity index (χ3n) is 2.57. The molecule has 108 valence electrons. The average Bonchev–Trinajstić information content (AvgIpc) is 2.49. The van der Waals surface area contributed by atoms with Crippen LogP contribution in [-0.2, 0) is 10.0 Å². The van der Waals surface area contributed by atoms with E-state index in [1.165, 1.54) is 13.0 Å². The van der Waals surface area contributed by atoms with Gasteiger partial charge in [0.2, 0.25) is 10.0 Å². The van der Waals surface area contributed by atoms with Crippen molar-refractivity contribution in [1.29, 1.82) is 5.26 Å². The van der Waals surface area contributed by atoms with Crippen molar-refractivity contribution in [2.24, 2.45) is 0 Å². The number of aromatic nitrogens is 2. The van der Waals surface area contributed by atoms with Gasteiger partial charge in [-0.15, -0.1) is 10.2 Å². The molecule has 0 bridgehead atoms. The van der Waals surface area contributed by atoms with E-state index < -0.39 is 10.0 Å². The Morgan fingerprint density at radius 3 is 2.52 bits per heavy atom. The van der Waals surface area contributed by atoms with Gasteiger partial charge in [0.1, 0.15) is 0 Å². The maximum absolute atomic E-state index is 11.4. The smallest absolute Gasteiger partial charge is 0.233 e. The third-order valence-corrected chi connectivity index (χ3v) is 3.85. The Hall–Kier alpha value is -2.66. The van der Waals surface area contributed by atoms with Gasteiger partial charge in [0.15, 0.2) is 11.6 Å². The molecule has 0 spiro atoms. The maximum atomic E-state index is 11.4. The van der Waals surface area contributed by atoms with Crippen LogP contribution in [0, 0.1) is 11.3 Å². The first-order chi connectivity index (χ1) is 10.0. The van der Waals surface area contributed by atoms with Crippen LogP contribution >= 0.6 is 0 Å². The van der Waals surface area contributed by atoms with Crippen LogP contribution in [0.25, 0.3) is 0 Å². The second kappa shape index (κ2) is 6.19. The van der Waals surface area contributed by atoms with Gasteiger partial charge in [0, 0.05) is 5.69 Å². The second-order valence-electron chi connectivity index (χ2n) is 4.13. The summed E-state index contributed by atoms with van der Waals surface area (Å²) < 4.78 is 25.1. The van der Waals surface area contributed by atoms with Crippen molar-refractivity contribution in [3.05, 3.63) is 42.0 Å². The van der Waals surface area contributed by atoms with Crippen molar-refractivity contribution in [1.82, 2.24) is 10.2 Å². The van der Waals surface area contributed by atoms with Crippen LogP contribution in [0.3, 0.4) is 0 Å². The number of benzene rings is 1. The molecule has 0 saturated heterocycles. The zero-order chi connectivity index (χ0) is 15.3. The molecule has 0 fully saturated rings. The van der Waals surface area contributed by atoms with Crippen molar-refractivity contribution in [2.75, 3.05) is 15.8 Å². The number of nitriles is 1. The number of nitrogens with one attached hydrogen (secondary N) is 2. The van der Waals surface area contributed by atoms with E-state index in [0.717, 1.165) is 0 Å². The van der Waals surface area contributed by atoms with Crippen molar-refractivity contribution in [2.45, 2.75) is 6.92 Å². The van der Waals surface area contributed by atoms with Gasteiger partial charge in [0.05, 0.1) is 17.4 Å². The normalized spacial score (nSPS) is 10.7. The molecule has 1 aromatic carbocycles. The number of hydrogen-bond acceptors (Lipinski definition) is 6. The Kier molecular flexibility index (Phi) is 4.35. The maximum Gasteiger partial charge on any atom is 0.233 e. The lowest BCUT2D eigenvalue weighted by Crippen LogP contribution is -2.15. The van der Waals surface area contributed by atoms with E-state index in [1.807, 2.05) is 6.07 Å². The second-order valence-corrected chi connectivity index (χ2v) is 6.14. The molecule has 1 aromatic heterocycles. The van der Waals surface area contributed by atoms with E-state index in [0.29, 0.717) is 17.1 Å². The Morgan fingerprint density at radius 1 is 1.19 bits per heavy atom. The molecule has 2 rings (SSSR count). The zero-order valence-electron chi connectivity index (χ0n) is 11.2. The molecule has 7 nitrogen and oxygen atoms in total. The summed E-state index contributed by atoms with van der Waals surface area (Å²) in [5, 5.41) is 19.5. The van der Waals surface area contributed by atoms with Crippen LogP contribution in [-0.4, -0.2) is 24.4 Å². The van der Waals surface area contributed by atoms with Crippen LogP contribution in [0.1, 0.15) is 12.5 Å². The first-order valence-electron chi connectivity index (χ1n) is 6.14. The van der Waals surface area contributed by atoms with E-state index in [4.69, 9.17) is 5.26 Å². The molecule has 2 aromatic rings. The number of sulfonamides is 1. The Morgan fingerprint density at radius 2 is 1.90 bits per heavy atom. The molecule has 0 aliphatic heterocycles. The van der Waals surface area contributed by atoms with E-state index >= 15 is 0 Å². The van der Waals surface area contributed by atoms with E-state index in [-0.39, 0.29) is 11.6 Å². The van der Waals surface area contributed by atoms with Gasteiger partial charge in [0.25, 0.3) is 0 Å². The molecule has 0 atom stereocenters. The lowest BCUT2D eigenvalue weighted by molar-refractivity contribution is 0.602. The molecule has 0 amide bonds. The highest BCUT2D eigenvalue weighted by atomic mass is 32.2. The molecular weight excluding hydrogens is 290 g/mol. The van der Waals surface area contributed by atoms with Gasteiger partial charge in [-0.3, -0.25) is 4.72 Å². The van der Waals surface area contributed by atoms with Crippen LogP contribution in [0.5, 0.6) is 0 Å². The Bertz CT molecular complexity index is 766. The molecule has 0 unspecified atom stereocenters. The molecule has 8 heteroatoms. The predicted molar refractivity (Wildman–Crippen MR) is 79.6 cm³/mol. The summed E-state index contributed by atoms with van der Waals surface area (Å²) in [5.74, 6) is 0.577. The summed E-state index contributed by atoms with van der Waals surface area (Å²) in [6.07, 6.45) is 0. The summed E-state index contributed by atoms with van der Waals surface area (Å²) in [7, 11) is -3.36. The van der Waals surface area contributed by atoms with E-state index in [1.54, 1.807) is 30.3 Å². The highest BCUT2D eigenvalue weighted by molar-refractivity contribution is 7.92. The minimum absolute atomic E-state index is 0.0321. The largest absolute Gasteiger partial charge is 0.339 e. The van der Waals surface area contributed by atoms with Crippen LogP contribution < -0.4 is 10.0 Å². The number of anilines is 3. The lowest BCUT2D eigenvalue weighted by atomic mass is 10.2. The predicted octanol–water partition coefficient (Wildman–Crippen LogP) is 1.85. The van der Waals surface area contributed by atoms with Gasteiger partial charge in [-0.2, -0.15) is 5.26 Å². The average molecular weight is 303 g/mol. The highest BCUT2D eigenvalue weighted by Crippen LogP contribution is 2.16. The molecule has 0 saturated carbocycles. The van der Waals surface area contributed by atoms with E-state index in [9.17, 15) is 8.42 Å². The van der Waals surface area contributed by atoms with Crippen LogP contribution in [0.4, 0.5) is 17.3 Å². The van der Waals surface area contributed by atoms with E-state index in [2.05, 4.69) is 20.2 Å². The standard InChI is InChI=1S/C13H13N5O2S/c1-2-21(19,20)18-13-7-6-12(16-17-13)15-11-5-3-4-10(8-11)9-14/h3-8H,2H2,1H3,(H,15,16)(H,17,18). The summed E-state index contributed by atoms with van der Waals surface area (Å²) in [6.45, 7) is 1.54. The van der Waals surface area contributed by atoms with Gasteiger partial charge >= 0.3 is 0 Å². The Labute approximate surface area is 122 Å².